The number of nitrogens with one attached hydrogen (secondary N) is 2. The molecule has 0 spiro atoms. The van der Waals surface area contributed by atoms with Gasteiger partial charge in [0.1, 0.15) is 22.9 Å². The number of alkyl halides is 3. The zero-order valence-electron chi connectivity index (χ0n) is 16.7. The number of halogens is 3. The molecule has 2 aromatic rings. The highest BCUT2D eigenvalue weighted by Crippen LogP contribution is 2.27. The predicted molar refractivity (Wildman–Crippen MR) is 113 cm³/mol. The van der Waals surface area contributed by atoms with E-state index in [2.05, 4.69) is 37.5 Å². The third-order valence-corrected chi connectivity index (χ3v) is 4.98. The fourth-order valence-corrected chi connectivity index (χ4v) is 3.49. The molecule has 10 heteroatoms. The average molecular weight is 427 g/mol. The smallest absolute Gasteiger partial charge is 0.347 e. The van der Waals surface area contributed by atoms with Crippen molar-refractivity contribution in [2.75, 3.05) is 20.1 Å². The molecule has 2 N–H and O–H groups in total. The third-order valence-electron chi connectivity index (χ3n) is 3.91. The molecular weight excluding hydrogens is 401 g/mol. The maximum Gasteiger partial charge on any atom is 0.405 e. The van der Waals surface area contributed by atoms with Crippen LogP contribution in [0.25, 0.3) is 15.8 Å². The lowest BCUT2D eigenvalue weighted by atomic mass is 10.2. The van der Waals surface area contributed by atoms with Crippen LogP contribution in [-0.4, -0.2) is 48.1 Å². The lowest BCUT2D eigenvalue weighted by Gasteiger charge is -2.16. The van der Waals surface area contributed by atoms with Crippen LogP contribution in [0.3, 0.4) is 0 Å². The van der Waals surface area contributed by atoms with Crippen LogP contribution in [0.5, 0.6) is 0 Å². The first-order valence-corrected chi connectivity index (χ1v) is 10.2. The standard InChI is InChI=1S/C19H25F3N6S/c1-4-6-7-9-25-16(28-18(23-3)26-12-19(20,21)22)13(5-2)17-27-14-11-24-10-8-15(14)29-17/h5,8,10-11H,4,6-7,9,12H2,1-3H3,(H2,23,25,26,28)/b13-5-. The Morgan fingerprint density at radius 2 is 2.10 bits per heavy atom. The van der Waals surface area contributed by atoms with Crippen molar-refractivity contribution < 1.29 is 13.2 Å². The Morgan fingerprint density at radius 1 is 1.31 bits per heavy atom. The summed E-state index contributed by atoms with van der Waals surface area (Å²) in [7, 11) is 1.42. The Labute approximate surface area is 172 Å². The molecule has 0 atom stereocenters. The van der Waals surface area contributed by atoms with Gasteiger partial charge in [0.2, 0.25) is 0 Å². The first-order valence-electron chi connectivity index (χ1n) is 9.34. The van der Waals surface area contributed by atoms with Gasteiger partial charge in [-0.15, -0.1) is 11.3 Å². The summed E-state index contributed by atoms with van der Waals surface area (Å²) in [5.41, 5.74) is 1.47. The molecule has 0 aliphatic heterocycles. The van der Waals surface area contributed by atoms with Crippen LogP contribution >= 0.6 is 11.3 Å². The maximum atomic E-state index is 12.6. The van der Waals surface area contributed by atoms with Crippen molar-refractivity contribution in [3.63, 3.8) is 0 Å². The number of nitrogens with zero attached hydrogens (tertiary/aromatic N) is 4. The molecule has 0 fully saturated rings. The summed E-state index contributed by atoms with van der Waals surface area (Å²) in [6.07, 6.45) is 3.83. The number of fused-ring (bicyclic) bond motifs is 1. The fraction of sp³-hybridized carbons (Fsp3) is 0.474. The van der Waals surface area contributed by atoms with E-state index in [0.29, 0.717) is 23.0 Å². The lowest BCUT2D eigenvalue weighted by Crippen LogP contribution is -2.45. The van der Waals surface area contributed by atoms with Crippen LogP contribution in [0, 0.1) is 0 Å². The van der Waals surface area contributed by atoms with Gasteiger partial charge in [-0.25, -0.2) is 4.98 Å². The lowest BCUT2D eigenvalue weighted by molar-refractivity contribution is -0.122. The van der Waals surface area contributed by atoms with Gasteiger partial charge in [0.25, 0.3) is 0 Å². The van der Waals surface area contributed by atoms with E-state index in [1.807, 2.05) is 19.1 Å². The number of unbranched alkanes of at least 4 members (excludes halogenated alkanes) is 2. The highest BCUT2D eigenvalue weighted by atomic mass is 32.1. The second kappa shape index (κ2) is 10.9. The van der Waals surface area contributed by atoms with E-state index in [0.717, 1.165) is 29.5 Å². The van der Waals surface area contributed by atoms with Gasteiger partial charge in [0.15, 0.2) is 5.96 Å². The maximum absolute atomic E-state index is 12.6. The van der Waals surface area contributed by atoms with Crippen LogP contribution in [-0.2, 0) is 0 Å². The largest absolute Gasteiger partial charge is 0.405 e. The molecule has 0 amide bonds. The average Bonchev–Trinajstić information content (AvgIpc) is 3.11. The zero-order valence-corrected chi connectivity index (χ0v) is 17.5. The molecule has 6 nitrogen and oxygen atoms in total. The third kappa shape index (κ3) is 7.12. The molecule has 0 saturated heterocycles. The number of guanidine groups is 1. The molecule has 2 aromatic heterocycles. The van der Waals surface area contributed by atoms with Gasteiger partial charge in [-0.05, 0) is 19.4 Å². The van der Waals surface area contributed by atoms with Crippen molar-refractivity contribution in [1.29, 1.82) is 0 Å². The Kier molecular flexibility index (Phi) is 8.56. The summed E-state index contributed by atoms with van der Waals surface area (Å²) in [4.78, 5) is 17.2. The summed E-state index contributed by atoms with van der Waals surface area (Å²) >= 11 is 1.47. The van der Waals surface area contributed by atoms with Crippen LogP contribution in [0.2, 0.25) is 0 Å². The number of amidine groups is 1. The van der Waals surface area contributed by atoms with Crippen LogP contribution in [0.4, 0.5) is 13.2 Å². The quantitative estimate of drug-likeness (QED) is 0.391. The molecule has 0 unspecified atom stereocenters. The fourth-order valence-electron chi connectivity index (χ4n) is 2.48. The summed E-state index contributed by atoms with van der Waals surface area (Å²) in [5.74, 6) is 0.435. The van der Waals surface area contributed by atoms with E-state index < -0.39 is 12.7 Å². The molecule has 0 aromatic carbocycles. The predicted octanol–water partition coefficient (Wildman–Crippen LogP) is 4.41. The van der Waals surface area contributed by atoms with Gasteiger partial charge in [-0.1, -0.05) is 25.8 Å². The highest BCUT2D eigenvalue weighted by molar-refractivity contribution is 7.19. The van der Waals surface area contributed by atoms with E-state index in [4.69, 9.17) is 0 Å². The molecule has 0 aliphatic carbocycles. The van der Waals surface area contributed by atoms with Crippen molar-refractivity contribution in [1.82, 2.24) is 20.6 Å². The summed E-state index contributed by atoms with van der Waals surface area (Å²) in [6.45, 7) is 3.30. The molecule has 0 aliphatic rings. The van der Waals surface area contributed by atoms with Crippen LogP contribution in [0.1, 0.15) is 38.1 Å². The highest BCUT2D eigenvalue weighted by Gasteiger charge is 2.27. The number of aliphatic imine (C=N–C) groups is 2. The summed E-state index contributed by atoms with van der Waals surface area (Å²) in [5, 5.41) is 5.91. The van der Waals surface area contributed by atoms with Gasteiger partial charge >= 0.3 is 6.18 Å². The minimum atomic E-state index is -4.35. The number of hydrogen-bond donors (Lipinski definition) is 2. The van der Waals surface area contributed by atoms with Gasteiger partial charge < -0.3 is 10.6 Å². The number of thiazole rings is 1. The van der Waals surface area contributed by atoms with Crippen LogP contribution < -0.4 is 10.6 Å². The number of hydrogen-bond acceptors (Lipinski definition) is 5. The topological polar surface area (TPSA) is 74.6 Å². The van der Waals surface area contributed by atoms with E-state index >= 15 is 0 Å². The van der Waals surface area contributed by atoms with E-state index in [-0.39, 0.29) is 5.96 Å². The van der Waals surface area contributed by atoms with E-state index in [1.165, 1.54) is 18.4 Å². The van der Waals surface area contributed by atoms with Crippen LogP contribution in [0.15, 0.2) is 34.5 Å². The Hall–Kier alpha value is -2.49. The van der Waals surface area contributed by atoms with Crippen molar-refractivity contribution >= 4 is 38.9 Å². The van der Waals surface area contributed by atoms with E-state index in [1.54, 1.807) is 12.4 Å². The summed E-state index contributed by atoms with van der Waals surface area (Å²) in [6, 6.07) is 1.87. The minimum absolute atomic E-state index is 0.00121. The number of pyridine rings is 1. The molecule has 0 radical (unpaired) electrons. The van der Waals surface area contributed by atoms with Crippen molar-refractivity contribution in [3.8, 4) is 0 Å². The molecule has 158 valence electrons. The van der Waals surface area contributed by atoms with Gasteiger partial charge in [-0.3, -0.25) is 15.0 Å². The first kappa shape index (κ1) is 22.8. The van der Waals surface area contributed by atoms with Gasteiger partial charge in [0, 0.05) is 25.4 Å². The molecule has 29 heavy (non-hydrogen) atoms. The Morgan fingerprint density at radius 3 is 2.72 bits per heavy atom. The number of allylic oxidation sites excluding steroid dienone is 1. The van der Waals surface area contributed by atoms with Crippen molar-refractivity contribution in [2.24, 2.45) is 9.98 Å². The van der Waals surface area contributed by atoms with Crippen molar-refractivity contribution in [2.45, 2.75) is 39.3 Å². The van der Waals surface area contributed by atoms with Crippen molar-refractivity contribution in [3.05, 3.63) is 29.5 Å². The Balaban J connectivity index is 2.29. The SMILES string of the molecule is C/C=C(/C(=NCCCCC)NC(=NC)NCC(F)(F)F)c1nc2cnccc2s1. The number of rotatable bonds is 7. The zero-order chi connectivity index (χ0) is 21.3. The molecule has 2 rings (SSSR count). The second-order valence-corrected chi connectivity index (χ2v) is 7.20. The molecular formula is C19H25F3N6S. The molecule has 0 bridgehead atoms. The minimum Gasteiger partial charge on any atom is -0.347 e. The summed E-state index contributed by atoms with van der Waals surface area (Å²) < 4.78 is 38.7. The molecule has 2 heterocycles. The monoisotopic (exact) mass is 426 g/mol. The normalized spacial score (nSPS) is 13.8. The molecule has 0 saturated carbocycles. The number of aromatic nitrogens is 2. The first-order chi connectivity index (χ1) is 13.9. The van der Waals surface area contributed by atoms with Gasteiger partial charge in [0.05, 0.1) is 10.9 Å². The second-order valence-electron chi connectivity index (χ2n) is 6.17. The Bertz CT molecular complexity index is 852. The van der Waals surface area contributed by atoms with E-state index in [9.17, 15) is 13.2 Å². The van der Waals surface area contributed by atoms with Gasteiger partial charge in [-0.2, -0.15) is 13.2 Å².